The molecule has 17 heavy (non-hydrogen) atoms. The van der Waals surface area contributed by atoms with Gasteiger partial charge >= 0.3 is 0 Å². The van der Waals surface area contributed by atoms with Gasteiger partial charge in [-0.1, -0.05) is 17.7 Å². The third-order valence-corrected chi connectivity index (χ3v) is 2.68. The number of nitrogens with two attached hydrogens (primary N) is 2. The molecule has 1 atom stereocenters. The number of carbonyl (C=O) groups excluding carboxylic acids is 1. The fourth-order valence-corrected chi connectivity index (χ4v) is 1.69. The molecular formula is C13H20N2O2. The first-order chi connectivity index (χ1) is 7.74. The van der Waals surface area contributed by atoms with Gasteiger partial charge in [-0.15, -0.1) is 0 Å². The van der Waals surface area contributed by atoms with Gasteiger partial charge in [0.1, 0.15) is 17.9 Å². The first-order valence-corrected chi connectivity index (χ1v) is 5.53. The lowest BCUT2D eigenvalue weighted by Gasteiger charge is -2.22. The summed E-state index contributed by atoms with van der Waals surface area (Å²) >= 11 is 0. The van der Waals surface area contributed by atoms with Gasteiger partial charge in [0.15, 0.2) is 0 Å². The molecule has 1 aromatic carbocycles. The number of benzene rings is 1. The summed E-state index contributed by atoms with van der Waals surface area (Å²) < 4.78 is 5.62. The van der Waals surface area contributed by atoms with Crippen LogP contribution in [-0.4, -0.2) is 18.1 Å². The largest absolute Gasteiger partial charge is 0.491 e. The summed E-state index contributed by atoms with van der Waals surface area (Å²) in [6, 6.07) is 4.06. The van der Waals surface area contributed by atoms with Crippen LogP contribution in [0.1, 0.15) is 23.6 Å². The Kier molecular flexibility index (Phi) is 3.78. The third kappa shape index (κ3) is 3.20. The molecule has 0 saturated heterocycles. The second kappa shape index (κ2) is 4.75. The molecular weight excluding hydrogens is 216 g/mol. The maximum absolute atomic E-state index is 11.1. The molecule has 1 aromatic rings. The molecule has 4 nitrogen and oxygen atoms in total. The molecule has 0 spiro atoms. The summed E-state index contributed by atoms with van der Waals surface area (Å²) in [5, 5.41) is 0. The summed E-state index contributed by atoms with van der Waals surface area (Å²) in [4.78, 5) is 11.1. The first-order valence-electron chi connectivity index (χ1n) is 5.53. The zero-order valence-corrected chi connectivity index (χ0v) is 10.8. The normalized spacial score (nSPS) is 14.2. The highest BCUT2D eigenvalue weighted by Gasteiger charge is 2.27. The Bertz CT molecular complexity index is 416. The average molecular weight is 236 g/mol. The predicted molar refractivity (Wildman–Crippen MR) is 67.9 cm³/mol. The first kappa shape index (κ1) is 13.5. The quantitative estimate of drug-likeness (QED) is 0.824. The fourth-order valence-electron chi connectivity index (χ4n) is 1.69. The van der Waals surface area contributed by atoms with E-state index in [0.29, 0.717) is 0 Å². The molecule has 0 heterocycles. The van der Waals surface area contributed by atoms with Gasteiger partial charge in [-0.2, -0.15) is 0 Å². The van der Waals surface area contributed by atoms with Crippen molar-refractivity contribution < 1.29 is 9.53 Å². The maximum atomic E-state index is 11.1. The van der Waals surface area contributed by atoms with E-state index in [-0.39, 0.29) is 6.61 Å². The molecule has 0 aromatic heterocycles. The molecule has 1 rings (SSSR count). The van der Waals surface area contributed by atoms with Crippen LogP contribution in [0, 0.1) is 20.8 Å². The van der Waals surface area contributed by atoms with Crippen molar-refractivity contribution in [3.05, 3.63) is 28.8 Å². The van der Waals surface area contributed by atoms with Gasteiger partial charge in [0.2, 0.25) is 5.91 Å². The minimum Gasteiger partial charge on any atom is -0.491 e. The Labute approximate surface area is 102 Å². The van der Waals surface area contributed by atoms with E-state index < -0.39 is 11.4 Å². The minimum atomic E-state index is -1.15. The Morgan fingerprint density at radius 2 is 1.76 bits per heavy atom. The van der Waals surface area contributed by atoms with Crippen LogP contribution in [0.15, 0.2) is 12.1 Å². The summed E-state index contributed by atoms with van der Waals surface area (Å²) in [5.41, 5.74) is 13.0. The zero-order chi connectivity index (χ0) is 13.2. The molecule has 1 amide bonds. The third-order valence-electron chi connectivity index (χ3n) is 2.68. The number of hydrogen-bond donors (Lipinski definition) is 2. The molecule has 0 bridgehead atoms. The van der Waals surface area contributed by atoms with E-state index in [1.54, 1.807) is 6.92 Å². The molecule has 0 fully saturated rings. The lowest BCUT2D eigenvalue weighted by molar-refractivity contribution is -0.123. The lowest BCUT2D eigenvalue weighted by atomic mass is 10.0. The van der Waals surface area contributed by atoms with Gasteiger partial charge in [-0.05, 0) is 38.8 Å². The van der Waals surface area contributed by atoms with E-state index in [1.165, 1.54) is 5.56 Å². The molecule has 4 N–H and O–H groups in total. The maximum Gasteiger partial charge on any atom is 0.240 e. The van der Waals surface area contributed by atoms with E-state index >= 15 is 0 Å². The van der Waals surface area contributed by atoms with E-state index in [1.807, 2.05) is 32.9 Å². The Morgan fingerprint density at radius 3 is 2.18 bits per heavy atom. The standard InChI is InChI=1S/C13H20N2O2/c1-8-5-9(2)11(10(3)6-8)17-7-13(4,15)12(14)16/h5-6H,7,15H2,1-4H3,(H2,14,16). The van der Waals surface area contributed by atoms with E-state index in [2.05, 4.69) is 0 Å². The van der Waals surface area contributed by atoms with E-state index in [0.717, 1.165) is 16.9 Å². The molecule has 0 saturated carbocycles. The summed E-state index contributed by atoms with van der Waals surface area (Å²) in [7, 11) is 0. The lowest BCUT2D eigenvalue weighted by Crippen LogP contribution is -2.53. The fraction of sp³-hybridized carbons (Fsp3) is 0.462. The summed E-state index contributed by atoms with van der Waals surface area (Å²) in [6.45, 7) is 7.60. The number of aryl methyl sites for hydroxylation is 3. The van der Waals surface area contributed by atoms with Crippen molar-refractivity contribution in [2.24, 2.45) is 11.5 Å². The van der Waals surface area contributed by atoms with Crippen LogP contribution in [0.5, 0.6) is 5.75 Å². The number of carbonyl (C=O) groups is 1. The van der Waals surface area contributed by atoms with Crippen LogP contribution in [0.25, 0.3) is 0 Å². The predicted octanol–water partition coefficient (Wildman–Crippen LogP) is 1.19. The number of amides is 1. The van der Waals surface area contributed by atoms with Gasteiger partial charge in [0.05, 0.1) is 0 Å². The van der Waals surface area contributed by atoms with E-state index in [4.69, 9.17) is 16.2 Å². The minimum absolute atomic E-state index is 0.0765. The molecule has 0 aliphatic carbocycles. The molecule has 0 aliphatic heterocycles. The van der Waals surface area contributed by atoms with Crippen LogP contribution in [0.4, 0.5) is 0 Å². The number of rotatable bonds is 4. The SMILES string of the molecule is Cc1cc(C)c(OCC(C)(N)C(N)=O)c(C)c1. The second-order valence-corrected chi connectivity index (χ2v) is 4.80. The monoisotopic (exact) mass is 236 g/mol. The number of ether oxygens (including phenoxy) is 1. The van der Waals surface area contributed by atoms with Gasteiger partial charge in [0, 0.05) is 0 Å². The van der Waals surface area contributed by atoms with Crippen LogP contribution in [0.3, 0.4) is 0 Å². The summed E-state index contributed by atoms with van der Waals surface area (Å²) in [5.74, 6) is 0.202. The van der Waals surface area contributed by atoms with Crippen molar-refractivity contribution >= 4 is 5.91 Å². The highest BCUT2D eigenvalue weighted by molar-refractivity contribution is 5.84. The van der Waals surface area contributed by atoms with Gasteiger partial charge in [0.25, 0.3) is 0 Å². The van der Waals surface area contributed by atoms with Gasteiger partial charge < -0.3 is 16.2 Å². The number of primary amides is 1. The van der Waals surface area contributed by atoms with Crippen molar-refractivity contribution in [1.29, 1.82) is 0 Å². The van der Waals surface area contributed by atoms with E-state index in [9.17, 15) is 4.79 Å². The van der Waals surface area contributed by atoms with Crippen molar-refractivity contribution in [1.82, 2.24) is 0 Å². The topological polar surface area (TPSA) is 78.3 Å². The highest BCUT2D eigenvalue weighted by atomic mass is 16.5. The Hall–Kier alpha value is -1.55. The Balaban J connectivity index is 2.87. The van der Waals surface area contributed by atoms with Crippen molar-refractivity contribution in [3.63, 3.8) is 0 Å². The molecule has 94 valence electrons. The van der Waals surface area contributed by atoms with Crippen LogP contribution in [0.2, 0.25) is 0 Å². The second-order valence-electron chi connectivity index (χ2n) is 4.80. The highest BCUT2D eigenvalue weighted by Crippen LogP contribution is 2.25. The molecule has 0 aliphatic rings. The van der Waals surface area contributed by atoms with Crippen molar-refractivity contribution in [2.45, 2.75) is 33.2 Å². The molecule has 1 unspecified atom stereocenters. The van der Waals surface area contributed by atoms with Crippen LogP contribution in [-0.2, 0) is 4.79 Å². The molecule has 4 heteroatoms. The van der Waals surface area contributed by atoms with Gasteiger partial charge in [-0.25, -0.2) is 0 Å². The van der Waals surface area contributed by atoms with Gasteiger partial charge in [-0.3, -0.25) is 4.79 Å². The Morgan fingerprint density at radius 1 is 1.29 bits per heavy atom. The van der Waals surface area contributed by atoms with Crippen LogP contribution >= 0.6 is 0 Å². The van der Waals surface area contributed by atoms with Crippen molar-refractivity contribution in [2.75, 3.05) is 6.61 Å². The molecule has 0 radical (unpaired) electrons. The zero-order valence-electron chi connectivity index (χ0n) is 10.8. The smallest absolute Gasteiger partial charge is 0.240 e. The van der Waals surface area contributed by atoms with Crippen LogP contribution < -0.4 is 16.2 Å². The summed E-state index contributed by atoms with van der Waals surface area (Å²) in [6.07, 6.45) is 0. The number of hydrogen-bond acceptors (Lipinski definition) is 3. The van der Waals surface area contributed by atoms with Crippen molar-refractivity contribution in [3.8, 4) is 5.75 Å². The average Bonchev–Trinajstić information content (AvgIpc) is 2.15.